The lowest BCUT2D eigenvalue weighted by Crippen LogP contribution is -2.37. The first kappa shape index (κ1) is 21.2. The quantitative estimate of drug-likeness (QED) is 0.680. The van der Waals surface area contributed by atoms with Crippen LogP contribution in [-0.2, 0) is 19.1 Å². The van der Waals surface area contributed by atoms with Gasteiger partial charge in [0.2, 0.25) is 5.91 Å². The summed E-state index contributed by atoms with van der Waals surface area (Å²) in [5.41, 5.74) is 1.71. The van der Waals surface area contributed by atoms with E-state index < -0.39 is 12.6 Å². The van der Waals surface area contributed by atoms with Crippen LogP contribution in [0.1, 0.15) is 44.2 Å². The van der Waals surface area contributed by atoms with Crippen molar-refractivity contribution >= 4 is 29.2 Å². The SMILES string of the molecule is CCC[C@H](NC(=O)COC(=O)C1=NN(c2ccccc2)C(=O)CC1)c1ccccc1. The lowest BCUT2D eigenvalue weighted by molar-refractivity contribution is -0.142. The zero-order chi connectivity index (χ0) is 21.3. The summed E-state index contributed by atoms with van der Waals surface area (Å²) >= 11 is 0. The standard InChI is InChI=1S/C23H25N3O4/c1-2-9-19(17-10-5-3-6-11-17)24-21(27)16-30-23(29)20-14-15-22(28)26(25-20)18-12-7-4-8-13-18/h3-8,10-13,19H,2,9,14-16H2,1H3,(H,24,27)/t19-/m0/s1. The lowest BCUT2D eigenvalue weighted by Gasteiger charge is -2.23. The van der Waals surface area contributed by atoms with Gasteiger partial charge in [-0.3, -0.25) is 9.59 Å². The Labute approximate surface area is 175 Å². The van der Waals surface area contributed by atoms with Gasteiger partial charge < -0.3 is 10.1 Å². The highest BCUT2D eigenvalue weighted by molar-refractivity contribution is 6.38. The molecule has 0 bridgehead atoms. The maximum Gasteiger partial charge on any atom is 0.355 e. The van der Waals surface area contributed by atoms with Crippen molar-refractivity contribution in [3.05, 3.63) is 66.2 Å². The number of hydrogen-bond acceptors (Lipinski definition) is 5. The molecule has 0 spiro atoms. The number of hydrogen-bond donors (Lipinski definition) is 1. The number of ether oxygens (including phenoxy) is 1. The van der Waals surface area contributed by atoms with Gasteiger partial charge in [-0.15, -0.1) is 0 Å². The molecule has 0 unspecified atom stereocenters. The van der Waals surface area contributed by atoms with E-state index >= 15 is 0 Å². The molecule has 156 valence electrons. The Morgan fingerprint density at radius 1 is 1.07 bits per heavy atom. The predicted molar refractivity (Wildman–Crippen MR) is 114 cm³/mol. The van der Waals surface area contributed by atoms with E-state index in [0.29, 0.717) is 5.69 Å². The molecule has 0 saturated carbocycles. The highest BCUT2D eigenvalue weighted by atomic mass is 16.5. The van der Waals surface area contributed by atoms with Crippen molar-refractivity contribution in [2.75, 3.05) is 11.6 Å². The summed E-state index contributed by atoms with van der Waals surface area (Å²) in [5, 5.41) is 8.26. The lowest BCUT2D eigenvalue weighted by atomic mass is 10.0. The summed E-state index contributed by atoms with van der Waals surface area (Å²) in [6.45, 7) is 1.65. The molecule has 0 aliphatic carbocycles. The van der Waals surface area contributed by atoms with Gasteiger partial charge in [-0.1, -0.05) is 61.9 Å². The Hall–Kier alpha value is -3.48. The highest BCUT2D eigenvalue weighted by Gasteiger charge is 2.27. The number of anilines is 1. The van der Waals surface area contributed by atoms with Crippen molar-refractivity contribution in [2.45, 2.75) is 38.6 Å². The second kappa shape index (κ2) is 10.3. The van der Waals surface area contributed by atoms with Crippen LogP contribution in [0.15, 0.2) is 65.8 Å². The Morgan fingerprint density at radius 3 is 2.40 bits per heavy atom. The minimum Gasteiger partial charge on any atom is -0.451 e. The molecule has 7 nitrogen and oxygen atoms in total. The fourth-order valence-corrected chi connectivity index (χ4v) is 3.22. The number of nitrogens with zero attached hydrogens (tertiary/aromatic N) is 2. The van der Waals surface area contributed by atoms with Gasteiger partial charge in [-0.05, 0) is 24.1 Å². The minimum absolute atomic E-state index is 0.124. The monoisotopic (exact) mass is 407 g/mol. The maximum absolute atomic E-state index is 12.4. The molecule has 2 aromatic carbocycles. The fourth-order valence-electron chi connectivity index (χ4n) is 3.22. The Morgan fingerprint density at radius 2 is 1.73 bits per heavy atom. The van der Waals surface area contributed by atoms with E-state index in [4.69, 9.17) is 4.74 Å². The van der Waals surface area contributed by atoms with Gasteiger partial charge in [0.1, 0.15) is 5.71 Å². The predicted octanol–water partition coefficient (Wildman–Crippen LogP) is 3.37. The average molecular weight is 407 g/mol. The molecule has 1 aliphatic rings. The van der Waals surface area contributed by atoms with Gasteiger partial charge in [0.05, 0.1) is 11.7 Å². The van der Waals surface area contributed by atoms with Crippen LogP contribution in [0.2, 0.25) is 0 Å². The Bertz CT molecular complexity index is 913. The molecule has 7 heteroatoms. The second-order valence-electron chi connectivity index (χ2n) is 6.98. The molecule has 1 atom stereocenters. The van der Waals surface area contributed by atoms with Crippen LogP contribution in [-0.4, -0.2) is 30.1 Å². The number of hydrazone groups is 1. The number of rotatable bonds is 8. The number of amides is 2. The van der Waals surface area contributed by atoms with Gasteiger partial charge in [0.15, 0.2) is 6.61 Å². The zero-order valence-electron chi connectivity index (χ0n) is 16.9. The molecule has 0 radical (unpaired) electrons. The summed E-state index contributed by atoms with van der Waals surface area (Å²) in [7, 11) is 0. The maximum atomic E-state index is 12.4. The average Bonchev–Trinajstić information content (AvgIpc) is 2.78. The number of nitrogens with one attached hydrogen (secondary N) is 1. The van der Waals surface area contributed by atoms with Crippen molar-refractivity contribution in [1.82, 2.24) is 5.32 Å². The van der Waals surface area contributed by atoms with E-state index in [1.165, 1.54) is 5.01 Å². The van der Waals surface area contributed by atoms with Crippen molar-refractivity contribution in [3.8, 4) is 0 Å². The van der Waals surface area contributed by atoms with Crippen molar-refractivity contribution in [3.63, 3.8) is 0 Å². The Kier molecular flexibility index (Phi) is 7.32. The van der Waals surface area contributed by atoms with Crippen LogP contribution in [0, 0.1) is 0 Å². The molecule has 1 aliphatic heterocycles. The molecule has 0 saturated heterocycles. The summed E-state index contributed by atoms with van der Waals surface area (Å²) < 4.78 is 5.16. The number of carbonyl (C=O) groups excluding carboxylic acids is 3. The van der Waals surface area contributed by atoms with Crippen molar-refractivity contribution < 1.29 is 19.1 Å². The molecule has 0 aromatic heterocycles. The number of para-hydroxylation sites is 1. The third-order valence-corrected chi connectivity index (χ3v) is 4.72. The third-order valence-electron chi connectivity index (χ3n) is 4.72. The van der Waals surface area contributed by atoms with E-state index in [1.54, 1.807) is 24.3 Å². The summed E-state index contributed by atoms with van der Waals surface area (Å²) in [5.74, 6) is -1.26. The Balaban J connectivity index is 1.59. The van der Waals surface area contributed by atoms with Gasteiger partial charge in [-0.25, -0.2) is 9.80 Å². The number of benzene rings is 2. The highest BCUT2D eigenvalue weighted by Crippen LogP contribution is 2.20. The second-order valence-corrected chi connectivity index (χ2v) is 6.98. The number of esters is 1. The van der Waals surface area contributed by atoms with Crippen LogP contribution in [0.4, 0.5) is 5.69 Å². The molecule has 30 heavy (non-hydrogen) atoms. The molecular formula is C23H25N3O4. The van der Waals surface area contributed by atoms with Crippen LogP contribution in [0.25, 0.3) is 0 Å². The summed E-state index contributed by atoms with van der Waals surface area (Å²) in [4.78, 5) is 36.9. The van der Waals surface area contributed by atoms with Gasteiger partial charge in [-0.2, -0.15) is 5.10 Å². The topological polar surface area (TPSA) is 88.1 Å². The first-order valence-electron chi connectivity index (χ1n) is 10.1. The third kappa shape index (κ3) is 5.53. The van der Waals surface area contributed by atoms with Crippen LogP contribution in [0.3, 0.4) is 0 Å². The summed E-state index contributed by atoms with van der Waals surface area (Å²) in [6.07, 6.45) is 2.02. The summed E-state index contributed by atoms with van der Waals surface area (Å²) in [6, 6.07) is 18.4. The van der Waals surface area contributed by atoms with E-state index in [0.717, 1.165) is 18.4 Å². The molecular weight excluding hydrogens is 382 g/mol. The fraction of sp³-hybridized carbons (Fsp3) is 0.304. The van der Waals surface area contributed by atoms with E-state index in [9.17, 15) is 14.4 Å². The van der Waals surface area contributed by atoms with Crippen LogP contribution >= 0.6 is 0 Å². The van der Waals surface area contributed by atoms with Gasteiger partial charge in [0.25, 0.3) is 5.91 Å². The largest absolute Gasteiger partial charge is 0.451 e. The molecule has 1 N–H and O–H groups in total. The van der Waals surface area contributed by atoms with E-state index in [-0.39, 0.29) is 36.4 Å². The number of carbonyl (C=O) groups is 3. The van der Waals surface area contributed by atoms with Gasteiger partial charge >= 0.3 is 5.97 Å². The first-order chi connectivity index (χ1) is 14.6. The smallest absolute Gasteiger partial charge is 0.355 e. The molecule has 2 amide bonds. The van der Waals surface area contributed by atoms with E-state index in [1.807, 2.05) is 43.3 Å². The van der Waals surface area contributed by atoms with Crippen molar-refractivity contribution in [2.24, 2.45) is 5.10 Å². The first-order valence-corrected chi connectivity index (χ1v) is 10.1. The van der Waals surface area contributed by atoms with Crippen molar-refractivity contribution in [1.29, 1.82) is 0 Å². The molecule has 0 fully saturated rings. The molecule has 2 aromatic rings. The van der Waals surface area contributed by atoms with Gasteiger partial charge in [0, 0.05) is 12.8 Å². The van der Waals surface area contributed by atoms with E-state index in [2.05, 4.69) is 10.4 Å². The molecule has 3 rings (SSSR count). The van der Waals surface area contributed by atoms with Crippen LogP contribution < -0.4 is 10.3 Å². The zero-order valence-corrected chi connectivity index (χ0v) is 16.9. The normalized spacial score (nSPS) is 14.6. The van der Waals surface area contributed by atoms with Crippen LogP contribution in [0.5, 0.6) is 0 Å². The molecule has 1 heterocycles. The minimum atomic E-state index is -0.690.